The number of nitrogens with one attached hydrogen (secondary N) is 1. The number of fused-ring (bicyclic) bond motifs is 1. The number of hydrogen-bond donors (Lipinski definition) is 1. The van der Waals surface area contributed by atoms with Gasteiger partial charge in [0.25, 0.3) is 0 Å². The number of imidazole rings is 1. The van der Waals surface area contributed by atoms with Crippen molar-refractivity contribution in [2.45, 2.75) is 52.5 Å². The fourth-order valence-corrected chi connectivity index (χ4v) is 3.56. The van der Waals surface area contributed by atoms with E-state index in [-0.39, 0.29) is 5.91 Å². The Morgan fingerprint density at radius 1 is 1.10 bits per heavy atom. The summed E-state index contributed by atoms with van der Waals surface area (Å²) in [4.78, 5) is 15.9. The van der Waals surface area contributed by atoms with Gasteiger partial charge in [-0.25, -0.2) is 4.98 Å². The highest BCUT2D eigenvalue weighted by atomic mass is 16.5. The van der Waals surface area contributed by atoms with Crippen LogP contribution in [0.15, 0.2) is 48.5 Å². The summed E-state index contributed by atoms with van der Waals surface area (Å²) >= 11 is 0. The molecule has 5 nitrogen and oxygen atoms in total. The van der Waals surface area contributed by atoms with Gasteiger partial charge in [0, 0.05) is 26.4 Å². The van der Waals surface area contributed by atoms with Crippen LogP contribution in [-0.4, -0.2) is 28.6 Å². The van der Waals surface area contributed by atoms with Crippen LogP contribution in [0.1, 0.15) is 50.9 Å². The number of benzene rings is 2. The minimum atomic E-state index is -0.00788. The van der Waals surface area contributed by atoms with Crippen molar-refractivity contribution in [3.63, 3.8) is 0 Å². The molecule has 29 heavy (non-hydrogen) atoms. The Bertz CT molecular complexity index is 946. The van der Waals surface area contributed by atoms with Crippen molar-refractivity contribution >= 4 is 16.9 Å². The summed E-state index contributed by atoms with van der Waals surface area (Å²) in [5.41, 5.74) is 3.41. The van der Waals surface area contributed by atoms with Crippen LogP contribution in [0.5, 0.6) is 5.75 Å². The van der Waals surface area contributed by atoms with E-state index >= 15 is 0 Å². The summed E-state index contributed by atoms with van der Waals surface area (Å²) < 4.78 is 8.33. The van der Waals surface area contributed by atoms with Crippen molar-refractivity contribution in [3.8, 4) is 5.75 Å². The molecule has 0 aliphatic heterocycles. The molecule has 0 radical (unpaired) electrons. The number of nitrogens with zero attached hydrogens (tertiary/aromatic N) is 2. The zero-order valence-corrected chi connectivity index (χ0v) is 17.6. The summed E-state index contributed by atoms with van der Waals surface area (Å²) in [6.45, 7) is 8.13. The van der Waals surface area contributed by atoms with E-state index in [0.717, 1.165) is 48.4 Å². The van der Waals surface area contributed by atoms with E-state index in [1.807, 2.05) is 24.3 Å². The van der Waals surface area contributed by atoms with Crippen molar-refractivity contribution in [2.24, 2.45) is 0 Å². The fourth-order valence-electron chi connectivity index (χ4n) is 3.56. The van der Waals surface area contributed by atoms with Crippen LogP contribution in [0.25, 0.3) is 11.0 Å². The highest BCUT2D eigenvalue weighted by molar-refractivity contribution is 5.76. The van der Waals surface area contributed by atoms with Crippen molar-refractivity contribution in [2.75, 3.05) is 13.2 Å². The van der Waals surface area contributed by atoms with Gasteiger partial charge in [-0.15, -0.1) is 0 Å². The van der Waals surface area contributed by atoms with Crippen LogP contribution >= 0.6 is 0 Å². The first-order valence-electron chi connectivity index (χ1n) is 10.5. The third-order valence-electron chi connectivity index (χ3n) is 5.03. The highest BCUT2D eigenvalue weighted by Crippen LogP contribution is 2.26. The largest absolute Gasteiger partial charge is 0.493 e. The number of carbonyl (C=O) groups excluding carboxylic acids is 1. The van der Waals surface area contributed by atoms with Crippen molar-refractivity contribution in [1.29, 1.82) is 0 Å². The van der Waals surface area contributed by atoms with Crippen LogP contribution in [0.4, 0.5) is 0 Å². The van der Waals surface area contributed by atoms with E-state index in [9.17, 15) is 4.79 Å². The van der Waals surface area contributed by atoms with E-state index in [2.05, 4.69) is 48.0 Å². The Labute approximate surface area is 173 Å². The Hall–Kier alpha value is -2.82. The van der Waals surface area contributed by atoms with E-state index in [1.54, 1.807) is 6.92 Å². The Balaban J connectivity index is 1.58. The Morgan fingerprint density at radius 3 is 2.66 bits per heavy atom. The Morgan fingerprint density at radius 2 is 1.86 bits per heavy atom. The maximum atomic E-state index is 11.2. The fraction of sp³-hybridized carbons (Fsp3) is 0.417. The molecule has 0 saturated heterocycles. The van der Waals surface area contributed by atoms with Gasteiger partial charge >= 0.3 is 0 Å². The smallest absolute Gasteiger partial charge is 0.216 e. The predicted octanol–water partition coefficient (Wildman–Crippen LogP) is 4.70. The van der Waals surface area contributed by atoms with Crippen molar-refractivity contribution < 1.29 is 9.53 Å². The van der Waals surface area contributed by atoms with E-state index in [1.165, 1.54) is 5.56 Å². The Kier molecular flexibility index (Phi) is 7.28. The van der Waals surface area contributed by atoms with Crippen LogP contribution in [-0.2, 0) is 17.8 Å². The van der Waals surface area contributed by atoms with Gasteiger partial charge in [-0.05, 0) is 42.5 Å². The molecule has 0 aliphatic carbocycles. The first-order chi connectivity index (χ1) is 14.1. The highest BCUT2D eigenvalue weighted by Gasteiger charge is 2.11. The first kappa shape index (κ1) is 20.9. The van der Waals surface area contributed by atoms with Gasteiger partial charge < -0.3 is 14.6 Å². The first-order valence-corrected chi connectivity index (χ1v) is 10.5. The quantitative estimate of drug-likeness (QED) is 0.508. The monoisotopic (exact) mass is 393 g/mol. The number of rotatable bonds is 10. The second kappa shape index (κ2) is 10.1. The number of aryl methyl sites for hydroxylation is 1. The van der Waals surface area contributed by atoms with Crippen molar-refractivity contribution in [3.05, 3.63) is 59.9 Å². The normalized spacial score (nSPS) is 11.2. The number of amides is 1. The van der Waals surface area contributed by atoms with Gasteiger partial charge in [-0.3, -0.25) is 4.79 Å². The lowest BCUT2D eigenvalue weighted by Gasteiger charge is -2.14. The van der Waals surface area contributed by atoms with Gasteiger partial charge in [0.2, 0.25) is 5.91 Å². The minimum absolute atomic E-state index is 0.00788. The second-order valence-electron chi connectivity index (χ2n) is 7.65. The van der Waals surface area contributed by atoms with Crippen LogP contribution < -0.4 is 10.1 Å². The summed E-state index contributed by atoms with van der Waals surface area (Å²) in [5, 5.41) is 2.86. The SMILES string of the molecule is CC(=O)NCCc1nc2ccccc2n1CCCCOc1ccccc1C(C)C. The molecule has 0 bridgehead atoms. The van der Waals surface area contributed by atoms with Gasteiger partial charge in [-0.2, -0.15) is 0 Å². The molecule has 0 aliphatic rings. The molecule has 0 saturated carbocycles. The zero-order valence-electron chi connectivity index (χ0n) is 17.6. The van der Waals surface area contributed by atoms with E-state index in [0.29, 0.717) is 19.1 Å². The molecule has 0 fully saturated rings. The van der Waals surface area contributed by atoms with Crippen LogP contribution in [0.2, 0.25) is 0 Å². The average molecular weight is 394 g/mol. The standard InChI is InChI=1S/C24H31N3O2/c1-18(2)20-10-4-7-13-23(20)29-17-9-8-16-27-22-12-6-5-11-21(22)26-24(27)14-15-25-19(3)28/h4-7,10-13,18H,8-9,14-17H2,1-3H3,(H,25,28). The molecule has 5 heteroatoms. The second-order valence-corrected chi connectivity index (χ2v) is 7.65. The summed E-state index contributed by atoms with van der Waals surface area (Å²) in [6.07, 6.45) is 2.72. The van der Waals surface area contributed by atoms with Gasteiger partial charge in [0.15, 0.2) is 0 Å². The summed E-state index contributed by atoms with van der Waals surface area (Å²) in [6, 6.07) is 16.5. The molecule has 2 aromatic carbocycles. The lowest BCUT2D eigenvalue weighted by atomic mass is 10.0. The lowest BCUT2D eigenvalue weighted by Crippen LogP contribution is -2.23. The molecule has 3 aromatic rings. The molecular formula is C24H31N3O2. The molecule has 154 valence electrons. The number of carbonyl (C=O) groups is 1. The van der Waals surface area contributed by atoms with Gasteiger partial charge in [-0.1, -0.05) is 44.2 Å². The predicted molar refractivity (Wildman–Crippen MR) is 117 cm³/mol. The number of hydrogen-bond acceptors (Lipinski definition) is 3. The number of aromatic nitrogens is 2. The van der Waals surface area contributed by atoms with E-state index < -0.39 is 0 Å². The summed E-state index contributed by atoms with van der Waals surface area (Å²) in [5.74, 6) is 2.46. The molecule has 1 N–H and O–H groups in total. The van der Waals surface area contributed by atoms with Crippen LogP contribution in [0.3, 0.4) is 0 Å². The zero-order chi connectivity index (χ0) is 20.6. The molecule has 0 spiro atoms. The maximum Gasteiger partial charge on any atom is 0.216 e. The van der Waals surface area contributed by atoms with Crippen LogP contribution in [0, 0.1) is 0 Å². The molecule has 0 unspecified atom stereocenters. The van der Waals surface area contributed by atoms with Gasteiger partial charge in [0.1, 0.15) is 11.6 Å². The molecule has 3 rings (SSSR count). The summed E-state index contributed by atoms with van der Waals surface area (Å²) in [7, 11) is 0. The third-order valence-corrected chi connectivity index (χ3v) is 5.03. The molecule has 1 heterocycles. The van der Waals surface area contributed by atoms with E-state index in [4.69, 9.17) is 9.72 Å². The third kappa shape index (κ3) is 5.59. The molecular weight excluding hydrogens is 362 g/mol. The number of para-hydroxylation sites is 3. The average Bonchev–Trinajstić information content (AvgIpc) is 3.05. The van der Waals surface area contributed by atoms with Gasteiger partial charge in [0.05, 0.1) is 17.6 Å². The molecule has 0 atom stereocenters. The lowest BCUT2D eigenvalue weighted by molar-refractivity contribution is -0.118. The number of unbranched alkanes of at least 4 members (excludes halogenated alkanes) is 1. The van der Waals surface area contributed by atoms with Crippen molar-refractivity contribution in [1.82, 2.24) is 14.9 Å². The maximum absolute atomic E-state index is 11.2. The minimum Gasteiger partial charge on any atom is -0.493 e. The topological polar surface area (TPSA) is 56.2 Å². The molecule has 1 amide bonds. The molecule has 1 aromatic heterocycles. The number of ether oxygens (including phenoxy) is 1.